The van der Waals surface area contributed by atoms with Crippen molar-refractivity contribution in [2.75, 3.05) is 19.8 Å². The van der Waals surface area contributed by atoms with Gasteiger partial charge in [0.15, 0.2) is 17.0 Å². The number of rotatable bonds is 4. The lowest BCUT2D eigenvalue weighted by Crippen LogP contribution is -2.53. The third kappa shape index (κ3) is 2.71. The van der Waals surface area contributed by atoms with E-state index in [1.807, 2.05) is 6.07 Å². The number of ether oxygens (including phenoxy) is 1. The molecule has 0 radical (unpaired) electrons. The molecule has 1 aliphatic heterocycles. The topological polar surface area (TPSA) is 62.1 Å². The van der Waals surface area contributed by atoms with Crippen LogP contribution in [0.5, 0.6) is 0 Å². The average Bonchev–Trinajstić information content (AvgIpc) is 2.33. The van der Waals surface area contributed by atoms with Crippen LogP contribution in [0.15, 0.2) is 18.2 Å². The minimum atomic E-state index is -1.09. The van der Waals surface area contributed by atoms with E-state index in [-0.39, 0.29) is 25.7 Å². The Balaban J connectivity index is 1.85. The van der Waals surface area contributed by atoms with Crippen LogP contribution < -0.4 is 5.32 Å². The normalized spacial score (nSPS) is 16.3. The van der Waals surface area contributed by atoms with E-state index < -0.39 is 17.0 Å². The van der Waals surface area contributed by atoms with Crippen molar-refractivity contribution in [2.24, 2.45) is 5.41 Å². The van der Waals surface area contributed by atoms with E-state index in [0.717, 1.165) is 12.1 Å². The van der Waals surface area contributed by atoms with Crippen LogP contribution in [0.1, 0.15) is 5.56 Å². The minimum absolute atomic E-state index is 0.0977. The molecule has 1 amide bonds. The number of amides is 1. The maximum Gasteiger partial charge on any atom is 0.245 e. The fourth-order valence-corrected chi connectivity index (χ4v) is 1.74. The number of hydrogen-bond donors (Lipinski definition) is 1. The number of nitrogens with one attached hydrogen (secondary N) is 1. The quantitative estimate of drug-likeness (QED) is 0.889. The molecule has 4 nitrogen and oxygen atoms in total. The third-order valence-electron chi connectivity index (χ3n) is 3.03. The molecular weight excluding hydrogens is 254 g/mol. The Morgan fingerprint density at radius 1 is 1.42 bits per heavy atom. The Labute approximate surface area is 109 Å². The maximum absolute atomic E-state index is 13.0. The van der Waals surface area contributed by atoms with Crippen LogP contribution in [0, 0.1) is 28.4 Å². The third-order valence-corrected chi connectivity index (χ3v) is 3.03. The van der Waals surface area contributed by atoms with Gasteiger partial charge in [-0.1, -0.05) is 6.07 Å². The average molecular weight is 266 g/mol. The van der Waals surface area contributed by atoms with Crippen molar-refractivity contribution < 1.29 is 18.3 Å². The fourth-order valence-electron chi connectivity index (χ4n) is 1.74. The van der Waals surface area contributed by atoms with Gasteiger partial charge in [-0.05, 0) is 24.1 Å². The second kappa shape index (κ2) is 5.33. The van der Waals surface area contributed by atoms with E-state index in [1.54, 1.807) is 0 Å². The van der Waals surface area contributed by atoms with Gasteiger partial charge in [0.2, 0.25) is 5.91 Å². The highest BCUT2D eigenvalue weighted by molar-refractivity contribution is 5.86. The molecule has 0 aliphatic carbocycles. The summed E-state index contributed by atoms with van der Waals surface area (Å²) in [6.45, 7) is 0.453. The molecule has 1 aromatic rings. The first kappa shape index (κ1) is 13.4. The molecule has 1 aliphatic rings. The molecule has 2 rings (SSSR count). The highest BCUT2D eigenvalue weighted by Gasteiger charge is 2.46. The van der Waals surface area contributed by atoms with E-state index in [0.29, 0.717) is 12.0 Å². The number of carbonyl (C=O) groups is 1. The van der Waals surface area contributed by atoms with Gasteiger partial charge < -0.3 is 10.1 Å². The summed E-state index contributed by atoms with van der Waals surface area (Å²) in [5.41, 5.74) is -0.510. The van der Waals surface area contributed by atoms with E-state index >= 15 is 0 Å². The number of nitriles is 1. The standard InChI is InChI=1S/C13H12F2N2O2/c14-10-2-1-9(5-11(10)15)3-4-17-12(18)13(6-16)7-19-8-13/h1-2,5H,3-4,7-8H2,(H,17,18). The summed E-state index contributed by atoms with van der Waals surface area (Å²) in [7, 11) is 0. The summed E-state index contributed by atoms with van der Waals surface area (Å²) >= 11 is 0. The first-order chi connectivity index (χ1) is 9.07. The lowest BCUT2D eigenvalue weighted by Gasteiger charge is -2.33. The Morgan fingerprint density at radius 2 is 2.16 bits per heavy atom. The zero-order valence-electron chi connectivity index (χ0n) is 10.1. The molecule has 19 heavy (non-hydrogen) atoms. The molecule has 100 valence electrons. The minimum Gasteiger partial charge on any atom is -0.377 e. The summed E-state index contributed by atoms with van der Waals surface area (Å²) in [6, 6.07) is 5.52. The number of hydrogen-bond acceptors (Lipinski definition) is 3. The van der Waals surface area contributed by atoms with Crippen LogP contribution >= 0.6 is 0 Å². The van der Waals surface area contributed by atoms with Crippen molar-refractivity contribution in [3.63, 3.8) is 0 Å². The van der Waals surface area contributed by atoms with Gasteiger partial charge in [-0.2, -0.15) is 5.26 Å². The van der Waals surface area contributed by atoms with Gasteiger partial charge in [-0.3, -0.25) is 4.79 Å². The van der Waals surface area contributed by atoms with Crippen LogP contribution in [0.2, 0.25) is 0 Å². The highest BCUT2D eigenvalue weighted by Crippen LogP contribution is 2.26. The van der Waals surface area contributed by atoms with Crippen molar-refractivity contribution in [1.82, 2.24) is 5.32 Å². The Morgan fingerprint density at radius 3 is 2.68 bits per heavy atom. The largest absolute Gasteiger partial charge is 0.377 e. The van der Waals surface area contributed by atoms with E-state index in [2.05, 4.69) is 5.32 Å². The van der Waals surface area contributed by atoms with Gasteiger partial charge in [0.1, 0.15) is 0 Å². The molecule has 0 aromatic heterocycles. The van der Waals surface area contributed by atoms with Crippen LogP contribution in [0.25, 0.3) is 0 Å². The molecule has 6 heteroatoms. The second-order valence-electron chi connectivity index (χ2n) is 4.44. The summed E-state index contributed by atoms with van der Waals surface area (Å²) in [6.07, 6.45) is 0.366. The zero-order valence-corrected chi connectivity index (χ0v) is 10.1. The van der Waals surface area contributed by atoms with Crippen LogP contribution in [0.3, 0.4) is 0 Å². The Bertz CT molecular complexity index is 536. The van der Waals surface area contributed by atoms with Gasteiger partial charge >= 0.3 is 0 Å². The van der Waals surface area contributed by atoms with Crippen molar-refractivity contribution in [1.29, 1.82) is 5.26 Å². The van der Waals surface area contributed by atoms with Crippen molar-refractivity contribution >= 4 is 5.91 Å². The molecule has 1 aromatic carbocycles. The predicted octanol–water partition coefficient (Wildman–Crippen LogP) is 1.16. The van der Waals surface area contributed by atoms with Gasteiger partial charge in [0, 0.05) is 6.54 Å². The summed E-state index contributed by atoms with van der Waals surface area (Å²) < 4.78 is 30.5. The lowest BCUT2D eigenvalue weighted by atomic mass is 9.87. The van der Waals surface area contributed by atoms with E-state index in [1.165, 1.54) is 6.07 Å². The molecule has 0 unspecified atom stereocenters. The lowest BCUT2D eigenvalue weighted by molar-refractivity contribution is -0.149. The molecule has 0 spiro atoms. The molecule has 0 saturated carbocycles. The first-order valence-corrected chi connectivity index (χ1v) is 5.79. The molecule has 1 heterocycles. The molecule has 1 saturated heterocycles. The van der Waals surface area contributed by atoms with Gasteiger partial charge in [0.25, 0.3) is 0 Å². The smallest absolute Gasteiger partial charge is 0.245 e. The SMILES string of the molecule is N#CC1(C(=O)NCCc2ccc(F)c(F)c2)COC1. The summed E-state index contributed by atoms with van der Waals surface area (Å²) in [4.78, 5) is 11.7. The Hall–Kier alpha value is -2.00. The van der Waals surface area contributed by atoms with Crippen LogP contribution in [-0.2, 0) is 16.0 Å². The number of halogens is 2. The van der Waals surface area contributed by atoms with Crippen molar-refractivity contribution in [3.8, 4) is 6.07 Å². The Kier molecular flexibility index (Phi) is 3.76. The number of carbonyl (C=O) groups excluding carboxylic acids is 1. The van der Waals surface area contributed by atoms with E-state index in [9.17, 15) is 13.6 Å². The molecule has 0 bridgehead atoms. The molecule has 0 atom stereocenters. The van der Waals surface area contributed by atoms with Gasteiger partial charge in [0.05, 0.1) is 19.3 Å². The van der Waals surface area contributed by atoms with Crippen molar-refractivity contribution in [3.05, 3.63) is 35.4 Å². The highest BCUT2D eigenvalue weighted by atomic mass is 19.2. The number of benzene rings is 1. The summed E-state index contributed by atoms with van der Waals surface area (Å²) in [5, 5.41) is 11.5. The summed E-state index contributed by atoms with van der Waals surface area (Å²) in [5.74, 6) is -2.20. The van der Waals surface area contributed by atoms with Gasteiger partial charge in [-0.15, -0.1) is 0 Å². The van der Waals surface area contributed by atoms with E-state index in [4.69, 9.17) is 10.00 Å². The van der Waals surface area contributed by atoms with Crippen LogP contribution in [0.4, 0.5) is 8.78 Å². The van der Waals surface area contributed by atoms with Crippen molar-refractivity contribution in [2.45, 2.75) is 6.42 Å². The van der Waals surface area contributed by atoms with Crippen LogP contribution in [-0.4, -0.2) is 25.7 Å². The molecular formula is C13H12F2N2O2. The second-order valence-corrected chi connectivity index (χ2v) is 4.44. The zero-order chi connectivity index (χ0) is 13.9. The first-order valence-electron chi connectivity index (χ1n) is 5.79. The number of nitrogens with zero attached hydrogens (tertiary/aromatic N) is 1. The fraction of sp³-hybridized carbons (Fsp3) is 0.385. The van der Waals surface area contributed by atoms with Gasteiger partial charge in [-0.25, -0.2) is 8.78 Å². The monoisotopic (exact) mass is 266 g/mol. The molecule has 1 fully saturated rings. The predicted molar refractivity (Wildman–Crippen MR) is 61.9 cm³/mol. The maximum atomic E-state index is 13.0. The molecule has 1 N–H and O–H groups in total.